The number of fused-ring (bicyclic) bond motifs is 1. The molecule has 0 amide bonds. The molecule has 0 saturated carbocycles. The highest BCUT2D eigenvalue weighted by molar-refractivity contribution is 5.71. The minimum Gasteiger partial charge on any atom is -0.391 e. The Balaban J connectivity index is 1.82. The van der Waals surface area contributed by atoms with E-state index in [0.717, 1.165) is 32.2 Å². The number of anilines is 2. The van der Waals surface area contributed by atoms with Crippen molar-refractivity contribution >= 4 is 11.5 Å². The Morgan fingerprint density at radius 1 is 1.24 bits per heavy atom. The molecular formula is C17H30N4O4. The molecule has 0 aliphatic carbocycles. The molecule has 1 aromatic rings. The third-order valence-electron chi connectivity index (χ3n) is 4.50. The van der Waals surface area contributed by atoms with Crippen LogP contribution in [0.5, 0.6) is 0 Å². The number of ether oxygens (including phenoxy) is 1. The molecule has 0 saturated heterocycles. The number of H-pyrrole nitrogens is 1. The molecule has 2 heterocycles. The molecule has 25 heavy (non-hydrogen) atoms. The maximum atomic E-state index is 12.0. The van der Waals surface area contributed by atoms with Crippen LogP contribution in [0, 0.1) is 0 Å². The molecule has 1 aromatic heterocycles. The number of aromatic amines is 1. The molecule has 2 rings (SSSR count). The lowest BCUT2D eigenvalue weighted by atomic mass is 10.1. The summed E-state index contributed by atoms with van der Waals surface area (Å²) in [4.78, 5) is 30.1. The van der Waals surface area contributed by atoms with Crippen LogP contribution < -0.4 is 21.0 Å². The first-order valence-corrected chi connectivity index (χ1v) is 9.00. The van der Waals surface area contributed by atoms with Gasteiger partial charge in [-0.25, -0.2) is 4.79 Å². The Morgan fingerprint density at radius 3 is 2.72 bits per heavy atom. The van der Waals surface area contributed by atoms with Crippen molar-refractivity contribution in [2.24, 2.45) is 7.05 Å². The Labute approximate surface area is 148 Å². The fraction of sp³-hybridized carbons (Fsp3) is 0.765. The van der Waals surface area contributed by atoms with Gasteiger partial charge in [0.2, 0.25) is 0 Å². The Morgan fingerprint density at radius 2 is 2.00 bits per heavy atom. The second-order valence-electron chi connectivity index (χ2n) is 6.67. The number of nitrogens with one attached hydrogen (secondary N) is 1. The average Bonchev–Trinajstić information content (AvgIpc) is 2.90. The molecule has 8 heteroatoms. The molecule has 0 radical (unpaired) electrons. The molecule has 142 valence electrons. The number of rotatable bonds is 10. The third-order valence-corrected chi connectivity index (χ3v) is 4.50. The Bertz CT molecular complexity index is 670. The molecule has 1 unspecified atom stereocenters. The minimum absolute atomic E-state index is 0.345. The van der Waals surface area contributed by atoms with Crippen LogP contribution in [-0.4, -0.2) is 54.2 Å². The smallest absolute Gasteiger partial charge is 0.329 e. The van der Waals surface area contributed by atoms with Crippen molar-refractivity contribution in [1.82, 2.24) is 9.55 Å². The highest BCUT2D eigenvalue weighted by Crippen LogP contribution is 2.29. The first kappa shape index (κ1) is 19.5. The molecule has 8 nitrogen and oxygen atoms in total. The predicted molar refractivity (Wildman–Crippen MR) is 98.5 cm³/mol. The van der Waals surface area contributed by atoms with Crippen LogP contribution in [0.25, 0.3) is 0 Å². The zero-order chi connectivity index (χ0) is 18.4. The lowest BCUT2D eigenvalue weighted by Gasteiger charge is -2.20. The topological polar surface area (TPSA) is 90.8 Å². The van der Waals surface area contributed by atoms with Crippen LogP contribution >= 0.6 is 0 Å². The molecule has 0 spiro atoms. The summed E-state index contributed by atoms with van der Waals surface area (Å²) >= 11 is 0. The van der Waals surface area contributed by atoms with E-state index in [9.17, 15) is 14.7 Å². The van der Waals surface area contributed by atoms with E-state index in [1.807, 2.05) is 16.8 Å². The maximum Gasteiger partial charge on any atom is 0.329 e. The van der Waals surface area contributed by atoms with E-state index in [0.29, 0.717) is 37.8 Å². The number of aliphatic hydroxyl groups is 1. The van der Waals surface area contributed by atoms with E-state index in [-0.39, 0.29) is 5.56 Å². The molecule has 0 aromatic carbocycles. The average molecular weight is 354 g/mol. The van der Waals surface area contributed by atoms with Gasteiger partial charge in [0.05, 0.1) is 19.4 Å². The summed E-state index contributed by atoms with van der Waals surface area (Å²) in [6, 6.07) is 0. The minimum atomic E-state index is -0.433. The number of nitrogens with zero attached hydrogens (tertiary/aromatic N) is 3. The summed E-state index contributed by atoms with van der Waals surface area (Å²) in [5.41, 5.74) is -0.210. The van der Waals surface area contributed by atoms with Crippen molar-refractivity contribution in [2.75, 3.05) is 43.3 Å². The highest BCUT2D eigenvalue weighted by Gasteiger charge is 2.29. The van der Waals surface area contributed by atoms with Gasteiger partial charge in [0.15, 0.2) is 0 Å². The van der Waals surface area contributed by atoms with Crippen LogP contribution in [-0.2, 0) is 11.8 Å². The number of hydrogen-bond acceptors (Lipinski definition) is 6. The van der Waals surface area contributed by atoms with Gasteiger partial charge in [-0.3, -0.25) is 14.3 Å². The van der Waals surface area contributed by atoms with Gasteiger partial charge in [-0.1, -0.05) is 13.3 Å². The first-order valence-electron chi connectivity index (χ1n) is 9.00. The van der Waals surface area contributed by atoms with Crippen LogP contribution in [0.4, 0.5) is 11.5 Å². The predicted octanol–water partition coefficient (Wildman–Crippen LogP) is 0.635. The summed E-state index contributed by atoms with van der Waals surface area (Å²) in [6.45, 7) is 4.51. The van der Waals surface area contributed by atoms with E-state index in [1.165, 1.54) is 4.57 Å². The molecule has 1 atom stereocenters. The zero-order valence-electron chi connectivity index (χ0n) is 15.5. The van der Waals surface area contributed by atoms with Crippen molar-refractivity contribution in [3.8, 4) is 0 Å². The van der Waals surface area contributed by atoms with Crippen molar-refractivity contribution in [3.63, 3.8) is 0 Å². The molecule has 2 N–H and O–H groups in total. The van der Waals surface area contributed by atoms with E-state index in [2.05, 4.69) is 11.9 Å². The molecule has 1 aliphatic rings. The molecule has 0 bridgehead atoms. The van der Waals surface area contributed by atoms with Gasteiger partial charge in [0, 0.05) is 27.2 Å². The van der Waals surface area contributed by atoms with Crippen molar-refractivity contribution in [3.05, 3.63) is 20.8 Å². The largest absolute Gasteiger partial charge is 0.391 e. The van der Waals surface area contributed by atoms with Crippen molar-refractivity contribution in [2.45, 2.75) is 45.1 Å². The second-order valence-corrected chi connectivity index (χ2v) is 6.67. The zero-order valence-corrected chi connectivity index (χ0v) is 15.5. The molecule has 1 aliphatic heterocycles. The number of aromatic nitrogens is 2. The van der Waals surface area contributed by atoms with Gasteiger partial charge in [-0.05, 0) is 25.7 Å². The lowest BCUT2D eigenvalue weighted by molar-refractivity contribution is 0.0304. The Kier molecular flexibility index (Phi) is 7.07. The van der Waals surface area contributed by atoms with E-state index >= 15 is 0 Å². The number of hydrogen-bond donors (Lipinski definition) is 2. The van der Waals surface area contributed by atoms with Crippen LogP contribution in [0.1, 0.15) is 39.0 Å². The van der Waals surface area contributed by atoms with Crippen LogP contribution in [0.3, 0.4) is 0 Å². The summed E-state index contributed by atoms with van der Waals surface area (Å²) in [5.74, 6) is 0.666. The van der Waals surface area contributed by atoms with Crippen LogP contribution in [0.2, 0.25) is 0 Å². The SMILES string of the molecule is CCCCOCC(O)CCCCN1CN(C)c2c1n(C)c(=O)[nH]c2=O. The van der Waals surface area contributed by atoms with Crippen LogP contribution in [0.15, 0.2) is 9.59 Å². The van der Waals surface area contributed by atoms with E-state index in [4.69, 9.17) is 4.74 Å². The monoisotopic (exact) mass is 354 g/mol. The number of aliphatic hydroxyl groups excluding tert-OH is 1. The molecular weight excluding hydrogens is 324 g/mol. The summed E-state index contributed by atoms with van der Waals surface area (Å²) < 4.78 is 6.91. The van der Waals surface area contributed by atoms with Crippen molar-refractivity contribution in [1.29, 1.82) is 0 Å². The van der Waals surface area contributed by atoms with Gasteiger partial charge in [0.1, 0.15) is 11.5 Å². The normalized spacial score (nSPS) is 14.9. The van der Waals surface area contributed by atoms with Gasteiger partial charge in [-0.2, -0.15) is 0 Å². The lowest BCUT2D eigenvalue weighted by Crippen LogP contribution is -2.32. The fourth-order valence-corrected chi connectivity index (χ4v) is 3.10. The Hall–Kier alpha value is -1.80. The van der Waals surface area contributed by atoms with E-state index < -0.39 is 11.8 Å². The maximum absolute atomic E-state index is 12.0. The summed E-state index contributed by atoms with van der Waals surface area (Å²) in [7, 11) is 3.51. The number of unbranched alkanes of at least 4 members (excludes halogenated alkanes) is 2. The molecule has 0 fully saturated rings. The van der Waals surface area contributed by atoms with Gasteiger partial charge < -0.3 is 19.6 Å². The second kappa shape index (κ2) is 9.05. The first-order chi connectivity index (χ1) is 12.0. The highest BCUT2D eigenvalue weighted by atomic mass is 16.5. The summed E-state index contributed by atoms with van der Waals surface area (Å²) in [6.07, 6.45) is 4.11. The standard InChI is InChI=1S/C17H30N4O4/c1-4-5-10-25-11-13(22)8-6-7-9-21-12-19(2)14-15(23)18-17(24)20(3)16(14)21/h13,22H,4-12H2,1-3H3,(H,18,23,24). The van der Waals surface area contributed by atoms with Gasteiger partial charge in [0.25, 0.3) is 5.56 Å². The third kappa shape index (κ3) is 4.85. The van der Waals surface area contributed by atoms with Gasteiger partial charge in [-0.15, -0.1) is 0 Å². The van der Waals surface area contributed by atoms with Gasteiger partial charge >= 0.3 is 5.69 Å². The summed E-state index contributed by atoms with van der Waals surface area (Å²) in [5, 5.41) is 9.92. The fourth-order valence-electron chi connectivity index (χ4n) is 3.10. The quantitative estimate of drug-likeness (QED) is 0.599. The van der Waals surface area contributed by atoms with Crippen molar-refractivity contribution < 1.29 is 9.84 Å². The van der Waals surface area contributed by atoms with E-state index in [1.54, 1.807) is 7.05 Å².